The van der Waals surface area contributed by atoms with Crippen LogP contribution in [0.25, 0.3) is 22.4 Å². The Hall–Kier alpha value is -2.76. The minimum atomic E-state index is -0.993. The van der Waals surface area contributed by atoms with E-state index in [0.29, 0.717) is 22.4 Å². The summed E-state index contributed by atoms with van der Waals surface area (Å²) in [6, 6.07) is 7.07. The Morgan fingerprint density at radius 2 is 2.11 bits per heavy atom. The van der Waals surface area contributed by atoms with Gasteiger partial charge in [0, 0.05) is 18.6 Å². The number of aromatic nitrogens is 4. The van der Waals surface area contributed by atoms with Crippen molar-refractivity contribution in [3.05, 3.63) is 42.5 Å². The largest absolute Gasteiger partial charge is 0.477 e. The molecule has 0 radical (unpaired) electrons. The number of carbonyl (C=O) groups is 1. The standard InChI is InChI=1S/C13H10N4O2/c1-17-10(13(18)19)6-8-11(15-7-16-12(8)17)9-4-2-3-5-14-9/h2-7H,1H3,(H,18,19). The molecule has 0 unspecified atom stereocenters. The van der Waals surface area contributed by atoms with Gasteiger partial charge in [0.25, 0.3) is 0 Å². The SMILES string of the molecule is Cn1c(C(=O)O)cc2c(-c3ccccn3)ncnc21. The van der Waals surface area contributed by atoms with Crippen LogP contribution in [-0.4, -0.2) is 30.6 Å². The molecule has 94 valence electrons. The van der Waals surface area contributed by atoms with Crippen LogP contribution in [0.1, 0.15) is 10.5 Å². The summed E-state index contributed by atoms with van der Waals surface area (Å²) >= 11 is 0. The van der Waals surface area contributed by atoms with E-state index < -0.39 is 5.97 Å². The molecule has 6 heteroatoms. The summed E-state index contributed by atoms with van der Waals surface area (Å²) in [5, 5.41) is 9.83. The zero-order valence-electron chi connectivity index (χ0n) is 10.1. The fourth-order valence-corrected chi connectivity index (χ4v) is 2.05. The van der Waals surface area contributed by atoms with Crippen LogP contribution in [0.4, 0.5) is 0 Å². The summed E-state index contributed by atoms with van der Waals surface area (Å²) < 4.78 is 1.53. The lowest BCUT2D eigenvalue weighted by atomic mass is 10.2. The number of aromatic carboxylic acids is 1. The predicted molar refractivity (Wildman–Crippen MR) is 68.7 cm³/mol. The van der Waals surface area contributed by atoms with Gasteiger partial charge in [-0.3, -0.25) is 4.98 Å². The lowest BCUT2D eigenvalue weighted by Gasteiger charge is -2.01. The lowest BCUT2D eigenvalue weighted by molar-refractivity contribution is 0.0687. The molecule has 0 fully saturated rings. The third kappa shape index (κ3) is 1.74. The van der Waals surface area contributed by atoms with Crippen LogP contribution in [0.15, 0.2) is 36.8 Å². The fraction of sp³-hybridized carbons (Fsp3) is 0.0769. The molecular formula is C13H10N4O2. The van der Waals surface area contributed by atoms with E-state index in [1.807, 2.05) is 18.2 Å². The molecule has 1 N–H and O–H groups in total. The van der Waals surface area contributed by atoms with Gasteiger partial charge < -0.3 is 9.67 Å². The maximum absolute atomic E-state index is 11.2. The maximum Gasteiger partial charge on any atom is 0.352 e. The van der Waals surface area contributed by atoms with Gasteiger partial charge in [0.05, 0.1) is 5.69 Å². The van der Waals surface area contributed by atoms with E-state index in [0.717, 1.165) is 0 Å². The van der Waals surface area contributed by atoms with E-state index in [2.05, 4.69) is 15.0 Å². The number of carboxylic acids is 1. The average Bonchev–Trinajstić information content (AvgIpc) is 2.78. The highest BCUT2D eigenvalue weighted by Crippen LogP contribution is 2.25. The van der Waals surface area contributed by atoms with Crippen LogP contribution >= 0.6 is 0 Å². The van der Waals surface area contributed by atoms with Gasteiger partial charge in [-0.2, -0.15) is 0 Å². The average molecular weight is 254 g/mol. The minimum Gasteiger partial charge on any atom is -0.477 e. The van der Waals surface area contributed by atoms with Crippen molar-refractivity contribution in [3.8, 4) is 11.4 Å². The van der Waals surface area contributed by atoms with Crippen molar-refractivity contribution in [2.45, 2.75) is 0 Å². The Morgan fingerprint density at radius 1 is 1.26 bits per heavy atom. The van der Waals surface area contributed by atoms with E-state index in [1.54, 1.807) is 19.3 Å². The molecule has 0 amide bonds. The Labute approximate surface area is 108 Å². The molecule has 0 spiro atoms. The van der Waals surface area contributed by atoms with Crippen molar-refractivity contribution in [3.63, 3.8) is 0 Å². The quantitative estimate of drug-likeness (QED) is 0.753. The van der Waals surface area contributed by atoms with E-state index >= 15 is 0 Å². The molecule has 0 aromatic carbocycles. The number of pyridine rings is 1. The summed E-state index contributed by atoms with van der Waals surface area (Å²) in [4.78, 5) is 23.7. The number of aryl methyl sites for hydroxylation is 1. The molecule has 3 heterocycles. The Kier molecular flexibility index (Phi) is 2.49. The first-order valence-electron chi connectivity index (χ1n) is 5.63. The van der Waals surface area contributed by atoms with Crippen LogP contribution in [0.2, 0.25) is 0 Å². The van der Waals surface area contributed by atoms with E-state index in [-0.39, 0.29) is 5.69 Å². The second-order valence-electron chi connectivity index (χ2n) is 4.07. The smallest absolute Gasteiger partial charge is 0.352 e. The topological polar surface area (TPSA) is 80.9 Å². The van der Waals surface area contributed by atoms with Gasteiger partial charge >= 0.3 is 5.97 Å². The Morgan fingerprint density at radius 3 is 2.79 bits per heavy atom. The summed E-state index contributed by atoms with van der Waals surface area (Å²) in [6.45, 7) is 0. The molecule has 0 aliphatic heterocycles. The Balaban J connectivity index is 2.33. The molecule has 0 bridgehead atoms. The monoisotopic (exact) mass is 254 g/mol. The van der Waals surface area contributed by atoms with Gasteiger partial charge in [0.15, 0.2) is 0 Å². The Bertz CT molecular complexity index is 765. The van der Waals surface area contributed by atoms with Crippen molar-refractivity contribution in [2.24, 2.45) is 7.05 Å². The predicted octanol–water partition coefficient (Wildman–Crippen LogP) is 1.73. The molecule has 3 aromatic rings. The summed E-state index contributed by atoms with van der Waals surface area (Å²) in [7, 11) is 1.67. The second kappa shape index (κ2) is 4.16. The van der Waals surface area contributed by atoms with Gasteiger partial charge in [-0.15, -0.1) is 0 Å². The highest BCUT2D eigenvalue weighted by atomic mass is 16.4. The van der Waals surface area contributed by atoms with Crippen molar-refractivity contribution in [2.75, 3.05) is 0 Å². The number of carboxylic acid groups (broad SMARTS) is 1. The van der Waals surface area contributed by atoms with Crippen molar-refractivity contribution < 1.29 is 9.90 Å². The van der Waals surface area contributed by atoms with Gasteiger partial charge in [0.1, 0.15) is 23.4 Å². The maximum atomic E-state index is 11.2. The fourth-order valence-electron chi connectivity index (χ4n) is 2.05. The van der Waals surface area contributed by atoms with Gasteiger partial charge in [-0.05, 0) is 18.2 Å². The third-order valence-electron chi connectivity index (χ3n) is 2.95. The van der Waals surface area contributed by atoms with Crippen LogP contribution < -0.4 is 0 Å². The molecule has 0 atom stereocenters. The number of rotatable bonds is 2. The van der Waals surface area contributed by atoms with Crippen LogP contribution in [0.3, 0.4) is 0 Å². The van der Waals surface area contributed by atoms with Gasteiger partial charge in [0.2, 0.25) is 0 Å². The highest BCUT2D eigenvalue weighted by molar-refractivity contribution is 5.98. The molecule has 3 aromatic heterocycles. The number of hydrogen-bond donors (Lipinski definition) is 1. The summed E-state index contributed by atoms with van der Waals surface area (Å²) in [6.07, 6.45) is 3.09. The minimum absolute atomic E-state index is 0.174. The first-order chi connectivity index (χ1) is 9.18. The van der Waals surface area contributed by atoms with E-state index in [9.17, 15) is 4.79 Å². The molecule has 3 rings (SSSR count). The summed E-state index contributed by atoms with van der Waals surface area (Å²) in [5.41, 5.74) is 2.08. The molecule has 0 aliphatic rings. The summed E-state index contributed by atoms with van der Waals surface area (Å²) in [5.74, 6) is -0.993. The molecule has 6 nitrogen and oxygen atoms in total. The number of nitrogens with zero attached hydrogens (tertiary/aromatic N) is 4. The third-order valence-corrected chi connectivity index (χ3v) is 2.95. The van der Waals surface area contributed by atoms with Crippen LogP contribution in [-0.2, 0) is 7.05 Å². The van der Waals surface area contributed by atoms with Gasteiger partial charge in [-0.25, -0.2) is 14.8 Å². The molecular weight excluding hydrogens is 244 g/mol. The molecule has 0 saturated heterocycles. The van der Waals surface area contributed by atoms with Crippen molar-refractivity contribution >= 4 is 17.0 Å². The number of hydrogen-bond acceptors (Lipinski definition) is 4. The van der Waals surface area contributed by atoms with Crippen LogP contribution in [0, 0.1) is 0 Å². The second-order valence-corrected chi connectivity index (χ2v) is 4.07. The normalized spacial score (nSPS) is 10.8. The zero-order chi connectivity index (χ0) is 13.4. The first-order valence-corrected chi connectivity index (χ1v) is 5.63. The first kappa shape index (κ1) is 11.3. The number of fused-ring (bicyclic) bond motifs is 1. The zero-order valence-corrected chi connectivity index (χ0v) is 10.1. The van der Waals surface area contributed by atoms with Gasteiger partial charge in [-0.1, -0.05) is 6.07 Å². The lowest BCUT2D eigenvalue weighted by Crippen LogP contribution is -2.04. The van der Waals surface area contributed by atoms with Crippen molar-refractivity contribution in [1.29, 1.82) is 0 Å². The van der Waals surface area contributed by atoms with E-state index in [1.165, 1.54) is 10.9 Å². The van der Waals surface area contributed by atoms with Crippen LogP contribution in [0.5, 0.6) is 0 Å². The molecule has 19 heavy (non-hydrogen) atoms. The van der Waals surface area contributed by atoms with E-state index in [4.69, 9.17) is 5.11 Å². The van der Waals surface area contributed by atoms with Crippen molar-refractivity contribution in [1.82, 2.24) is 19.5 Å². The highest BCUT2D eigenvalue weighted by Gasteiger charge is 2.16. The molecule has 0 saturated carbocycles. The molecule has 0 aliphatic carbocycles.